The third-order valence-electron chi connectivity index (χ3n) is 9.56. The van der Waals surface area contributed by atoms with E-state index in [0.29, 0.717) is 23.3 Å². The molecule has 2 aromatic rings. The molecule has 1 saturated carbocycles. The van der Waals surface area contributed by atoms with Crippen LogP contribution >= 0.6 is 11.6 Å². The molecular formula is C30H24ClFN2O7. The molecule has 9 nitrogen and oxygen atoms in total. The number of rotatable bonds is 2. The molecule has 210 valence electrons. The number of fused-ring (bicyclic) bond motifs is 5. The molecule has 0 aromatic heterocycles. The number of hydrogen-bond donors (Lipinski definition) is 2. The van der Waals surface area contributed by atoms with Gasteiger partial charge in [-0.05, 0) is 67.7 Å². The van der Waals surface area contributed by atoms with Crippen molar-refractivity contribution in [3.8, 4) is 11.5 Å². The molecule has 2 saturated heterocycles. The van der Waals surface area contributed by atoms with Crippen LogP contribution in [0, 0.1) is 40.8 Å². The Labute approximate surface area is 238 Å². The van der Waals surface area contributed by atoms with Crippen molar-refractivity contribution >= 4 is 40.9 Å². The van der Waals surface area contributed by atoms with Crippen molar-refractivity contribution in [1.29, 1.82) is 0 Å². The van der Waals surface area contributed by atoms with E-state index < -0.39 is 64.5 Å². The molecule has 11 heteroatoms. The van der Waals surface area contributed by atoms with Crippen LogP contribution in [0.4, 0.5) is 10.1 Å². The number of phenols is 1. The van der Waals surface area contributed by atoms with Crippen molar-refractivity contribution in [3.05, 3.63) is 76.3 Å². The van der Waals surface area contributed by atoms with Gasteiger partial charge < -0.3 is 9.84 Å². The summed E-state index contributed by atoms with van der Waals surface area (Å²) < 4.78 is 19.9. The van der Waals surface area contributed by atoms with Gasteiger partial charge in [0.15, 0.2) is 0 Å². The van der Waals surface area contributed by atoms with Crippen molar-refractivity contribution in [2.24, 2.45) is 35.0 Å². The van der Waals surface area contributed by atoms with E-state index in [4.69, 9.17) is 16.3 Å². The van der Waals surface area contributed by atoms with E-state index in [1.807, 2.05) is 6.08 Å². The Morgan fingerprint density at radius 3 is 2.59 bits per heavy atom. The maximum atomic E-state index is 14.4. The van der Waals surface area contributed by atoms with E-state index in [9.17, 15) is 33.9 Å². The number of carbonyl (C=O) groups is 4. The van der Waals surface area contributed by atoms with E-state index in [1.165, 1.54) is 18.2 Å². The second-order valence-corrected chi connectivity index (χ2v) is 11.9. The number of nitrogens with zero attached hydrogens (tertiary/aromatic N) is 2. The van der Waals surface area contributed by atoms with Crippen LogP contribution in [0.5, 0.6) is 11.5 Å². The number of carbonyl (C=O) groups excluding carboxylic acids is 4. The zero-order valence-electron chi connectivity index (χ0n) is 21.7. The summed E-state index contributed by atoms with van der Waals surface area (Å²) in [5.74, 6) is -6.34. The van der Waals surface area contributed by atoms with Crippen molar-refractivity contribution in [2.45, 2.75) is 26.2 Å². The molecule has 4 amide bonds. The molecule has 41 heavy (non-hydrogen) atoms. The molecule has 2 aromatic carbocycles. The summed E-state index contributed by atoms with van der Waals surface area (Å²) in [4.78, 5) is 55.2. The van der Waals surface area contributed by atoms with Gasteiger partial charge in [0.2, 0.25) is 11.8 Å². The summed E-state index contributed by atoms with van der Waals surface area (Å²) in [6, 6.07) is 8.36. The average Bonchev–Trinajstić information content (AvgIpc) is 3.29. The fraction of sp³-hybridized carbons (Fsp3) is 0.333. The number of halogens is 2. The number of hydroxylamine groups is 2. The lowest BCUT2D eigenvalue weighted by atomic mass is 9.51. The molecule has 3 fully saturated rings. The largest absolute Gasteiger partial charge is 0.508 e. The van der Waals surface area contributed by atoms with Gasteiger partial charge in [-0.1, -0.05) is 23.3 Å². The molecule has 0 radical (unpaired) electrons. The van der Waals surface area contributed by atoms with Crippen LogP contribution in [0.25, 0.3) is 0 Å². The van der Waals surface area contributed by atoms with E-state index in [0.717, 1.165) is 16.5 Å². The smallest absolute Gasteiger partial charge is 0.257 e. The third kappa shape index (κ3) is 3.43. The van der Waals surface area contributed by atoms with Crippen LogP contribution in [-0.2, 0) is 25.6 Å². The fourth-order valence-corrected chi connectivity index (χ4v) is 7.87. The van der Waals surface area contributed by atoms with E-state index in [-0.39, 0.29) is 34.4 Å². The Balaban J connectivity index is 1.38. The Kier molecular flexibility index (Phi) is 5.52. The molecule has 7 rings (SSSR count). The number of ether oxygens (including phenoxy) is 1. The quantitative estimate of drug-likeness (QED) is 0.311. The number of imide groups is 2. The number of benzene rings is 2. The Morgan fingerprint density at radius 2 is 1.83 bits per heavy atom. The number of anilines is 1. The lowest BCUT2D eigenvalue weighted by Crippen LogP contribution is -2.51. The first-order valence-electron chi connectivity index (χ1n) is 13.3. The van der Waals surface area contributed by atoms with Crippen LogP contribution in [0.3, 0.4) is 0 Å². The Hall–Kier alpha value is -4.02. The molecule has 2 N–H and O–H groups in total. The highest BCUT2D eigenvalue weighted by Gasteiger charge is 2.68. The number of aromatic hydroxyl groups is 1. The molecule has 5 aliphatic rings. The highest BCUT2D eigenvalue weighted by atomic mass is 35.5. The van der Waals surface area contributed by atoms with Gasteiger partial charge in [0.05, 0.1) is 40.1 Å². The Bertz CT molecular complexity index is 1650. The number of phenolic OH excluding ortho intramolecular Hbond substituents is 1. The number of allylic oxidation sites excluding steroid dienone is 3. The topological polar surface area (TPSA) is 124 Å². The SMILES string of the molecule is CC12C(=O)N(c3ccc(F)c(Cl)c3)C(=O)C1CC1C(=CCC3C(=O)N(O)C(=O)C31)C2C1=COc2ccc(O)cc2C1. The molecule has 3 aliphatic heterocycles. The summed E-state index contributed by atoms with van der Waals surface area (Å²) >= 11 is 6.01. The highest BCUT2D eigenvalue weighted by Crippen LogP contribution is 2.62. The van der Waals surface area contributed by atoms with Gasteiger partial charge >= 0.3 is 0 Å². The van der Waals surface area contributed by atoms with Gasteiger partial charge in [-0.15, -0.1) is 0 Å². The molecule has 6 unspecified atom stereocenters. The first-order valence-corrected chi connectivity index (χ1v) is 13.7. The normalized spacial score (nSPS) is 32.1. The van der Waals surface area contributed by atoms with Crippen LogP contribution in [0.1, 0.15) is 25.3 Å². The van der Waals surface area contributed by atoms with E-state index in [1.54, 1.807) is 25.3 Å². The number of hydrogen-bond acceptors (Lipinski definition) is 7. The zero-order valence-corrected chi connectivity index (χ0v) is 22.5. The van der Waals surface area contributed by atoms with Gasteiger partial charge in [-0.3, -0.25) is 24.4 Å². The second kappa shape index (κ2) is 8.74. The monoisotopic (exact) mass is 578 g/mol. The maximum Gasteiger partial charge on any atom is 0.257 e. The van der Waals surface area contributed by atoms with Gasteiger partial charge in [0, 0.05) is 17.9 Å². The van der Waals surface area contributed by atoms with Crippen molar-refractivity contribution in [2.75, 3.05) is 4.90 Å². The summed E-state index contributed by atoms with van der Waals surface area (Å²) in [6.07, 6.45) is 4.01. The van der Waals surface area contributed by atoms with Crippen LogP contribution in [0.15, 0.2) is 59.9 Å². The predicted octanol–water partition coefficient (Wildman–Crippen LogP) is 4.16. The van der Waals surface area contributed by atoms with E-state index in [2.05, 4.69) is 0 Å². The Morgan fingerprint density at radius 1 is 1.05 bits per heavy atom. The molecule has 0 spiro atoms. The van der Waals surface area contributed by atoms with Gasteiger partial charge in [-0.2, -0.15) is 5.06 Å². The van der Waals surface area contributed by atoms with Crippen LogP contribution < -0.4 is 9.64 Å². The zero-order chi connectivity index (χ0) is 29.0. The minimum Gasteiger partial charge on any atom is -0.508 e. The van der Waals surface area contributed by atoms with Crippen molar-refractivity contribution in [3.63, 3.8) is 0 Å². The lowest BCUT2D eigenvalue weighted by Gasteiger charge is -2.49. The van der Waals surface area contributed by atoms with E-state index >= 15 is 0 Å². The average molecular weight is 579 g/mol. The predicted molar refractivity (Wildman–Crippen MR) is 141 cm³/mol. The standard InChI is InChI=1S/C30H24ClFN2O7/c1-30-20(27(37)33(29(30)39)15-2-6-22(32)21(31)10-15)11-19-17(4-5-18-24(19)28(38)34(40)26(18)36)25(30)14-8-13-9-16(35)3-7-23(13)41-12-14/h2-4,6-7,9-10,12,18-20,24-25,35,40H,5,8,11H2,1H3. The van der Waals surface area contributed by atoms with Crippen molar-refractivity contribution < 1.29 is 38.6 Å². The maximum absolute atomic E-state index is 14.4. The minimum atomic E-state index is -1.32. The molecule has 2 aliphatic carbocycles. The van der Waals surface area contributed by atoms with Gasteiger partial charge in [0.25, 0.3) is 11.8 Å². The van der Waals surface area contributed by atoms with Crippen LogP contribution in [0.2, 0.25) is 5.02 Å². The summed E-state index contributed by atoms with van der Waals surface area (Å²) in [6.45, 7) is 1.72. The molecule has 0 bridgehead atoms. The summed E-state index contributed by atoms with van der Waals surface area (Å²) in [7, 11) is 0. The molecule has 3 heterocycles. The summed E-state index contributed by atoms with van der Waals surface area (Å²) in [5, 5.41) is 20.2. The summed E-state index contributed by atoms with van der Waals surface area (Å²) in [5.41, 5.74) is 0.907. The molecule has 6 atom stereocenters. The molecular weight excluding hydrogens is 555 g/mol. The first kappa shape index (κ1) is 25.9. The fourth-order valence-electron chi connectivity index (χ4n) is 7.70. The highest BCUT2D eigenvalue weighted by molar-refractivity contribution is 6.31. The second-order valence-electron chi connectivity index (χ2n) is 11.5. The van der Waals surface area contributed by atoms with Gasteiger partial charge in [-0.25, -0.2) is 9.29 Å². The van der Waals surface area contributed by atoms with Crippen LogP contribution in [-0.4, -0.2) is 39.0 Å². The van der Waals surface area contributed by atoms with Gasteiger partial charge in [0.1, 0.15) is 17.3 Å². The third-order valence-corrected chi connectivity index (χ3v) is 9.85. The number of amides is 4. The first-order chi connectivity index (χ1) is 19.5. The lowest BCUT2D eigenvalue weighted by molar-refractivity contribution is -0.173. The minimum absolute atomic E-state index is 0.0449. The van der Waals surface area contributed by atoms with Crippen molar-refractivity contribution in [1.82, 2.24) is 5.06 Å².